The molecule has 1 aliphatic rings. The zero-order valence-corrected chi connectivity index (χ0v) is 15.8. The molecule has 3 heterocycles. The van der Waals surface area contributed by atoms with E-state index in [1.807, 2.05) is 0 Å². The van der Waals surface area contributed by atoms with Crippen molar-refractivity contribution < 1.29 is 14.5 Å². The van der Waals surface area contributed by atoms with Gasteiger partial charge in [-0.25, -0.2) is 0 Å². The lowest BCUT2D eigenvalue weighted by Gasteiger charge is -2.36. The van der Waals surface area contributed by atoms with Crippen molar-refractivity contribution in [2.75, 3.05) is 33.2 Å². The lowest BCUT2D eigenvalue weighted by molar-refractivity contribution is -0.380. The summed E-state index contributed by atoms with van der Waals surface area (Å²) in [6.45, 7) is 1.60. The van der Waals surface area contributed by atoms with E-state index in [1.165, 1.54) is 12.1 Å². The van der Waals surface area contributed by atoms with Crippen molar-refractivity contribution in [3.05, 3.63) is 45.1 Å². The fourth-order valence-corrected chi connectivity index (χ4v) is 3.82. The van der Waals surface area contributed by atoms with Gasteiger partial charge in [-0.05, 0) is 13.1 Å². The predicted octanol–water partition coefficient (Wildman–Crippen LogP) is 0.635. The highest BCUT2D eigenvalue weighted by Gasteiger charge is 2.30. The van der Waals surface area contributed by atoms with Gasteiger partial charge in [-0.3, -0.25) is 24.4 Å². The molecule has 0 aromatic carbocycles. The molecular weight excluding hydrogens is 372 g/mol. The number of nitro groups is 1. The summed E-state index contributed by atoms with van der Waals surface area (Å²) in [5, 5.41) is 17.8. The topological polar surface area (TPSA) is 114 Å². The molecule has 0 bridgehead atoms. The van der Waals surface area contributed by atoms with Crippen molar-refractivity contribution in [3.8, 4) is 0 Å². The van der Waals surface area contributed by atoms with Gasteiger partial charge in [0.15, 0.2) is 0 Å². The van der Waals surface area contributed by atoms with Crippen molar-refractivity contribution in [2.45, 2.75) is 6.04 Å². The van der Waals surface area contributed by atoms with Gasteiger partial charge in [0.25, 0.3) is 5.91 Å². The van der Waals surface area contributed by atoms with E-state index < -0.39 is 11.0 Å². The Morgan fingerprint density at radius 3 is 2.44 bits per heavy atom. The van der Waals surface area contributed by atoms with Gasteiger partial charge in [0.05, 0.1) is 16.0 Å². The molecule has 0 aliphatic carbocycles. The Kier molecular flexibility index (Phi) is 5.51. The minimum absolute atomic E-state index is 0.0551. The van der Waals surface area contributed by atoms with Crippen molar-refractivity contribution in [3.63, 3.8) is 0 Å². The van der Waals surface area contributed by atoms with Crippen LogP contribution in [-0.2, 0) is 11.8 Å². The summed E-state index contributed by atoms with van der Waals surface area (Å²) in [6.07, 6.45) is 3.45. The number of nitrogens with zero attached hydrogens (tertiary/aromatic N) is 5. The largest absolute Gasteiger partial charge is 0.337 e. The van der Waals surface area contributed by atoms with E-state index in [-0.39, 0.29) is 16.8 Å². The van der Waals surface area contributed by atoms with Crippen LogP contribution in [0.5, 0.6) is 0 Å². The van der Waals surface area contributed by atoms with Gasteiger partial charge >= 0.3 is 5.00 Å². The fourth-order valence-electron chi connectivity index (χ4n) is 3.03. The number of carbonyl (C=O) groups is 2. The van der Waals surface area contributed by atoms with Crippen LogP contribution in [0.1, 0.15) is 21.3 Å². The second kappa shape index (κ2) is 7.84. The monoisotopic (exact) mass is 392 g/mol. The predicted molar refractivity (Wildman–Crippen MR) is 98.5 cm³/mol. The summed E-state index contributed by atoms with van der Waals surface area (Å²) in [6, 6.07) is 2.33. The summed E-state index contributed by atoms with van der Waals surface area (Å²) >= 11 is 0.868. The normalized spacial score (nSPS) is 15.6. The zero-order chi connectivity index (χ0) is 19.6. The molecule has 10 nitrogen and oxygen atoms in total. The highest BCUT2D eigenvalue weighted by Crippen LogP contribution is 2.25. The lowest BCUT2D eigenvalue weighted by Crippen LogP contribution is -2.52. The van der Waals surface area contributed by atoms with Crippen LogP contribution in [0.25, 0.3) is 0 Å². The molecule has 3 rings (SSSR count). The molecule has 144 valence electrons. The molecule has 11 heteroatoms. The smallest absolute Gasteiger partial charge is 0.324 e. The van der Waals surface area contributed by atoms with Crippen molar-refractivity contribution >= 4 is 28.2 Å². The lowest BCUT2D eigenvalue weighted by atomic mass is 10.1. The second-order valence-corrected chi connectivity index (χ2v) is 7.24. The van der Waals surface area contributed by atoms with Gasteiger partial charge in [0.2, 0.25) is 5.91 Å². The first-order valence-corrected chi connectivity index (χ1v) is 9.20. The summed E-state index contributed by atoms with van der Waals surface area (Å²) in [5.74, 6) is -0.304. The van der Waals surface area contributed by atoms with Crippen LogP contribution in [0, 0.1) is 10.1 Å². The van der Waals surface area contributed by atoms with E-state index in [0.717, 1.165) is 16.9 Å². The molecule has 0 radical (unpaired) electrons. The number of nitrogens with one attached hydrogen (secondary N) is 1. The molecule has 0 spiro atoms. The van der Waals surface area contributed by atoms with Gasteiger partial charge in [-0.2, -0.15) is 5.10 Å². The van der Waals surface area contributed by atoms with Crippen LogP contribution in [0.15, 0.2) is 24.5 Å². The first-order valence-electron chi connectivity index (χ1n) is 8.39. The molecular formula is C16H20N6O4S. The van der Waals surface area contributed by atoms with Crippen molar-refractivity contribution in [1.29, 1.82) is 0 Å². The van der Waals surface area contributed by atoms with E-state index in [1.54, 1.807) is 41.0 Å². The molecule has 1 unspecified atom stereocenters. The Labute approximate surface area is 159 Å². The van der Waals surface area contributed by atoms with Crippen LogP contribution in [0.2, 0.25) is 0 Å². The number of hydrogen-bond acceptors (Lipinski definition) is 7. The van der Waals surface area contributed by atoms with Gasteiger partial charge in [0, 0.05) is 51.1 Å². The first-order chi connectivity index (χ1) is 12.9. The number of piperazine rings is 1. The number of rotatable bonds is 5. The third kappa shape index (κ3) is 3.98. The second-order valence-electron chi connectivity index (χ2n) is 6.18. The molecule has 0 saturated carbocycles. The van der Waals surface area contributed by atoms with Gasteiger partial charge in [-0.15, -0.1) is 0 Å². The number of likely N-dealkylation sites (N-methyl/N-ethyl adjacent to an activating group) is 1. The third-order valence-electron chi connectivity index (χ3n) is 4.45. The molecule has 2 aromatic heterocycles. The highest BCUT2D eigenvalue weighted by atomic mass is 32.1. The fraction of sp³-hybridized carbons (Fsp3) is 0.438. The van der Waals surface area contributed by atoms with Crippen LogP contribution in [0.3, 0.4) is 0 Å². The SMILES string of the molecule is CNC(C(=O)N1CCN(C(=O)c2ccc([N+](=O)[O-])s2)CC1)c1cnn(C)c1. The molecule has 27 heavy (non-hydrogen) atoms. The maximum Gasteiger partial charge on any atom is 0.324 e. The Bertz CT molecular complexity index is 855. The van der Waals surface area contributed by atoms with Gasteiger partial charge < -0.3 is 15.1 Å². The number of aromatic nitrogens is 2. The van der Waals surface area contributed by atoms with Crippen LogP contribution < -0.4 is 5.32 Å². The highest BCUT2D eigenvalue weighted by molar-refractivity contribution is 7.17. The summed E-state index contributed by atoms with van der Waals surface area (Å²) in [4.78, 5) is 39.3. The number of thiophene rings is 1. The standard InChI is InChI=1S/C16H20N6O4S/c1-17-14(11-9-18-19(2)10-11)16(24)21-7-5-20(6-8-21)15(23)12-3-4-13(27-12)22(25)26/h3-4,9-10,14,17H,5-8H2,1-2H3. The Hall–Kier alpha value is -2.79. The van der Waals surface area contributed by atoms with Crippen LogP contribution >= 0.6 is 11.3 Å². The average Bonchev–Trinajstić information content (AvgIpc) is 3.31. The van der Waals surface area contributed by atoms with Gasteiger partial charge in [0.1, 0.15) is 6.04 Å². The van der Waals surface area contributed by atoms with Crippen molar-refractivity contribution in [2.24, 2.45) is 7.05 Å². The molecule has 2 amide bonds. The molecule has 1 N–H and O–H groups in total. The van der Waals surface area contributed by atoms with E-state index in [0.29, 0.717) is 31.1 Å². The summed E-state index contributed by atoms with van der Waals surface area (Å²) < 4.78 is 1.64. The number of aryl methyl sites for hydroxylation is 1. The molecule has 1 atom stereocenters. The Balaban J connectivity index is 1.61. The average molecular weight is 392 g/mol. The number of hydrogen-bond donors (Lipinski definition) is 1. The molecule has 2 aromatic rings. The summed E-state index contributed by atoms with van der Waals surface area (Å²) in [5.41, 5.74) is 0.786. The minimum Gasteiger partial charge on any atom is -0.337 e. The van der Waals surface area contributed by atoms with E-state index in [4.69, 9.17) is 0 Å². The minimum atomic E-state index is -0.506. The molecule has 1 fully saturated rings. The zero-order valence-electron chi connectivity index (χ0n) is 15.0. The van der Waals surface area contributed by atoms with Crippen molar-refractivity contribution in [1.82, 2.24) is 24.9 Å². The van der Waals surface area contributed by atoms with E-state index in [9.17, 15) is 19.7 Å². The Morgan fingerprint density at radius 1 is 1.26 bits per heavy atom. The first kappa shape index (κ1) is 19.0. The summed E-state index contributed by atoms with van der Waals surface area (Å²) in [7, 11) is 3.51. The maximum absolute atomic E-state index is 12.8. The van der Waals surface area contributed by atoms with Crippen LogP contribution in [0.4, 0.5) is 5.00 Å². The molecule has 1 aliphatic heterocycles. The third-order valence-corrected chi connectivity index (χ3v) is 5.48. The maximum atomic E-state index is 12.8. The number of carbonyl (C=O) groups excluding carboxylic acids is 2. The van der Waals surface area contributed by atoms with Gasteiger partial charge in [-0.1, -0.05) is 11.3 Å². The Morgan fingerprint density at radius 2 is 1.93 bits per heavy atom. The van der Waals surface area contributed by atoms with E-state index in [2.05, 4.69) is 10.4 Å². The molecule has 1 saturated heterocycles. The number of amides is 2. The van der Waals surface area contributed by atoms with Crippen LogP contribution in [-0.4, -0.2) is 69.5 Å². The van der Waals surface area contributed by atoms with E-state index >= 15 is 0 Å². The quantitative estimate of drug-likeness (QED) is 0.590.